The van der Waals surface area contributed by atoms with Crippen LogP contribution < -0.4 is 9.64 Å². The van der Waals surface area contributed by atoms with Crippen LogP contribution in [0.25, 0.3) is 11.0 Å². The lowest BCUT2D eigenvalue weighted by molar-refractivity contribution is -0.148. The Bertz CT molecular complexity index is 1230. The topological polar surface area (TPSA) is 89.3 Å². The first kappa shape index (κ1) is 22.4. The van der Waals surface area contributed by atoms with Gasteiger partial charge in [-0.05, 0) is 18.4 Å². The molecule has 0 spiro atoms. The molecule has 0 saturated carbocycles. The van der Waals surface area contributed by atoms with Gasteiger partial charge in [0.25, 0.3) is 0 Å². The molecule has 34 heavy (non-hydrogen) atoms. The van der Waals surface area contributed by atoms with E-state index in [0.717, 1.165) is 21.3 Å². The zero-order valence-corrected chi connectivity index (χ0v) is 18.8. The Labute approximate surface area is 193 Å². The van der Waals surface area contributed by atoms with Crippen molar-refractivity contribution in [3.05, 3.63) is 36.2 Å². The Hall–Kier alpha value is -3.44. The summed E-state index contributed by atoms with van der Waals surface area (Å²) in [5.74, 6) is -0.414. The van der Waals surface area contributed by atoms with Gasteiger partial charge in [-0.1, -0.05) is 6.92 Å². The van der Waals surface area contributed by atoms with Gasteiger partial charge in [0.2, 0.25) is 11.7 Å². The maximum absolute atomic E-state index is 13.3. The second-order valence-corrected chi connectivity index (χ2v) is 8.74. The van der Waals surface area contributed by atoms with Crippen molar-refractivity contribution in [2.45, 2.75) is 32.6 Å². The third kappa shape index (κ3) is 3.90. The number of alkyl halides is 3. The van der Waals surface area contributed by atoms with Gasteiger partial charge in [0.1, 0.15) is 11.3 Å². The lowest BCUT2D eigenvalue weighted by atomic mass is 9.85. The number of nitrogens with zero attached hydrogens (tertiary/aromatic N) is 7. The minimum Gasteiger partial charge on any atom is -0.495 e. The average molecular weight is 475 g/mol. The average Bonchev–Trinajstić information content (AvgIpc) is 3.27. The summed E-state index contributed by atoms with van der Waals surface area (Å²) in [5, 5.41) is 6.98. The number of amides is 1. The van der Waals surface area contributed by atoms with Gasteiger partial charge in [0, 0.05) is 44.4 Å². The van der Waals surface area contributed by atoms with Gasteiger partial charge >= 0.3 is 6.18 Å². The molecule has 0 N–H and O–H groups in total. The first-order valence-corrected chi connectivity index (χ1v) is 11.1. The molecule has 0 aromatic carbocycles. The lowest BCUT2D eigenvalue weighted by Gasteiger charge is -2.40. The summed E-state index contributed by atoms with van der Waals surface area (Å²) in [7, 11) is 1.58. The van der Waals surface area contributed by atoms with Crippen LogP contribution in [-0.4, -0.2) is 62.3 Å². The highest BCUT2D eigenvalue weighted by molar-refractivity contribution is 5.88. The van der Waals surface area contributed by atoms with E-state index in [1.54, 1.807) is 24.4 Å². The Kier molecular flexibility index (Phi) is 5.53. The number of ether oxygens (including phenoxy) is 1. The van der Waals surface area contributed by atoms with Crippen LogP contribution in [0.1, 0.15) is 25.0 Å². The zero-order chi connectivity index (χ0) is 24.0. The van der Waals surface area contributed by atoms with Crippen LogP contribution in [0.2, 0.25) is 0 Å². The van der Waals surface area contributed by atoms with Crippen LogP contribution in [0.15, 0.2) is 24.5 Å². The predicted molar refractivity (Wildman–Crippen MR) is 116 cm³/mol. The molecular formula is C22H24F3N7O2. The van der Waals surface area contributed by atoms with Crippen molar-refractivity contribution >= 4 is 22.6 Å². The van der Waals surface area contributed by atoms with E-state index < -0.39 is 12.0 Å². The summed E-state index contributed by atoms with van der Waals surface area (Å²) in [5.41, 5.74) is 2.46. The molecule has 0 bridgehead atoms. The van der Waals surface area contributed by atoms with E-state index in [1.807, 2.05) is 19.1 Å². The quantitative estimate of drug-likeness (QED) is 0.576. The second-order valence-electron chi connectivity index (χ2n) is 8.74. The minimum atomic E-state index is -4.56. The fraction of sp³-hybridized carbons (Fsp3) is 0.500. The molecule has 9 nitrogen and oxygen atoms in total. The molecule has 0 aliphatic carbocycles. The molecule has 5 heterocycles. The molecule has 2 aliphatic rings. The number of aromatic nitrogens is 5. The Morgan fingerprint density at radius 3 is 2.74 bits per heavy atom. The molecule has 2 atom stereocenters. The van der Waals surface area contributed by atoms with E-state index in [1.165, 1.54) is 0 Å². The number of carbonyl (C=O) groups excluding carboxylic acids is 1. The smallest absolute Gasteiger partial charge is 0.451 e. The summed E-state index contributed by atoms with van der Waals surface area (Å²) in [4.78, 5) is 26.0. The first-order chi connectivity index (χ1) is 16.3. The van der Waals surface area contributed by atoms with Crippen molar-refractivity contribution in [1.82, 2.24) is 29.6 Å². The predicted octanol–water partition coefficient (Wildman–Crippen LogP) is 2.75. The molecule has 180 valence electrons. The van der Waals surface area contributed by atoms with Gasteiger partial charge in [0.15, 0.2) is 5.82 Å². The number of carbonyl (C=O) groups is 1. The van der Waals surface area contributed by atoms with E-state index in [9.17, 15) is 18.0 Å². The van der Waals surface area contributed by atoms with Gasteiger partial charge in [-0.2, -0.15) is 13.2 Å². The third-order valence-electron chi connectivity index (χ3n) is 6.65. The molecule has 3 aromatic heterocycles. The van der Waals surface area contributed by atoms with E-state index in [4.69, 9.17) is 4.74 Å². The van der Waals surface area contributed by atoms with Gasteiger partial charge in [0.05, 0.1) is 31.1 Å². The summed E-state index contributed by atoms with van der Waals surface area (Å²) >= 11 is 0. The van der Waals surface area contributed by atoms with Gasteiger partial charge in [-0.25, -0.2) is 4.98 Å². The standard InChI is InChI=1S/C22H24F3N7O2/c1-13-11-30(17-3-5-26-16-9-14(34-2)10-27-19(16)17)6-4-15(13)20(33)31-7-8-32-18(12-31)28-29-21(32)22(23,24)25/h3,5,9-10,13,15H,4,6-8,11-12H2,1-2H3/t13-,15+/m1/s1. The number of anilines is 1. The summed E-state index contributed by atoms with van der Waals surface area (Å²) in [6, 6.07) is 3.76. The van der Waals surface area contributed by atoms with Gasteiger partial charge in [-0.15, -0.1) is 10.2 Å². The van der Waals surface area contributed by atoms with Crippen LogP contribution in [0.3, 0.4) is 0 Å². The summed E-state index contributed by atoms with van der Waals surface area (Å²) in [6.07, 6.45) is -0.529. The van der Waals surface area contributed by atoms with E-state index >= 15 is 0 Å². The van der Waals surface area contributed by atoms with Gasteiger partial charge in [-0.3, -0.25) is 9.78 Å². The normalized spacial score (nSPS) is 21.0. The lowest BCUT2D eigenvalue weighted by Crippen LogP contribution is -2.49. The second kappa shape index (κ2) is 8.41. The highest BCUT2D eigenvalue weighted by Crippen LogP contribution is 2.34. The fourth-order valence-corrected chi connectivity index (χ4v) is 4.89. The molecule has 12 heteroatoms. The van der Waals surface area contributed by atoms with Crippen LogP contribution in [0.5, 0.6) is 5.75 Å². The Morgan fingerprint density at radius 2 is 2.00 bits per heavy atom. The zero-order valence-electron chi connectivity index (χ0n) is 18.8. The van der Waals surface area contributed by atoms with Crippen molar-refractivity contribution in [3.63, 3.8) is 0 Å². The van der Waals surface area contributed by atoms with Crippen LogP contribution >= 0.6 is 0 Å². The molecular weight excluding hydrogens is 451 g/mol. The number of hydrogen-bond donors (Lipinski definition) is 0. The number of fused-ring (bicyclic) bond motifs is 2. The first-order valence-electron chi connectivity index (χ1n) is 11.1. The number of hydrogen-bond acceptors (Lipinski definition) is 7. The third-order valence-corrected chi connectivity index (χ3v) is 6.65. The molecule has 5 rings (SSSR count). The van der Waals surface area contributed by atoms with Gasteiger partial charge < -0.3 is 19.1 Å². The molecule has 0 unspecified atom stereocenters. The summed E-state index contributed by atoms with van der Waals surface area (Å²) in [6.45, 7) is 3.63. The largest absolute Gasteiger partial charge is 0.495 e. The van der Waals surface area contributed by atoms with Crippen molar-refractivity contribution < 1.29 is 22.7 Å². The van der Waals surface area contributed by atoms with Crippen molar-refractivity contribution in [3.8, 4) is 5.75 Å². The number of halogens is 3. The Morgan fingerprint density at radius 1 is 1.18 bits per heavy atom. The maximum atomic E-state index is 13.3. The van der Waals surface area contributed by atoms with Crippen molar-refractivity contribution in [2.75, 3.05) is 31.6 Å². The van der Waals surface area contributed by atoms with E-state index in [0.29, 0.717) is 25.3 Å². The van der Waals surface area contributed by atoms with Crippen LogP contribution in [0.4, 0.5) is 18.9 Å². The minimum absolute atomic E-state index is 0.0360. The number of pyridine rings is 2. The van der Waals surface area contributed by atoms with Crippen LogP contribution in [-0.2, 0) is 24.1 Å². The van der Waals surface area contributed by atoms with Crippen LogP contribution in [0, 0.1) is 11.8 Å². The molecule has 2 aliphatic heterocycles. The van der Waals surface area contributed by atoms with Crippen molar-refractivity contribution in [1.29, 1.82) is 0 Å². The number of piperidine rings is 1. The molecule has 0 radical (unpaired) electrons. The molecule has 1 amide bonds. The maximum Gasteiger partial charge on any atom is 0.451 e. The highest BCUT2D eigenvalue weighted by atomic mass is 19.4. The molecule has 1 fully saturated rings. The summed E-state index contributed by atoms with van der Waals surface area (Å²) < 4.78 is 45.6. The van der Waals surface area contributed by atoms with E-state index in [-0.39, 0.29) is 43.2 Å². The molecule has 1 saturated heterocycles. The fourth-order valence-electron chi connectivity index (χ4n) is 4.89. The number of rotatable bonds is 3. The monoisotopic (exact) mass is 475 g/mol. The van der Waals surface area contributed by atoms with E-state index in [2.05, 4.69) is 25.1 Å². The molecule has 3 aromatic rings. The Balaban J connectivity index is 1.29. The number of methoxy groups -OCH3 is 1. The highest BCUT2D eigenvalue weighted by Gasteiger charge is 2.41. The SMILES string of the molecule is COc1cnc2c(N3CC[C@H](C(=O)N4CCn5c(nnc5C(F)(F)F)C4)[C@H](C)C3)ccnc2c1. The van der Waals surface area contributed by atoms with Crippen molar-refractivity contribution in [2.24, 2.45) is 11.8 Å².